The van der Waals surface area contributed by atoms with E-state index in [0.29, 0.717) is 19.6 Å². The van der Waals surface area contributed by atoms with Crippen LogP contribution < -0.4 is 26.2 Å². The summed E-state index contributed by atoms with van der Waals surface area (Å²) in [6.07, 6.45) is 1.45. The van der Waals surface area contributed by atoms with E-state index < -0.39 is 0 Å². The first-order valence-electron chi connectivity index (χ1n) is 42.2. The minimum Gasteiger partial charge on any atom is -0.342 e. The molecule has 2 aliphatic rings. The molecular formula is C115H79BN4. The van der Waals surface area contributed by atoms with Crippen LogP contribution >= 0.6 is 0 Å². The van der Waals surface area contributed by atoms with E-state index in [9.17, 15) is 0 Å². The maximum absolute atomic E-state index is 2.78. The van der Waals surface area contributed by atoms with Gasteiger partial charge in [0, 0.05) is 80.6 Å². The highest BCUT2D eigenvalue weighted by molar-refractivity contribution is 7.00. The topological polar surface area (TPSA) is 16.3 Å². The van der Waals surface area contributed by atoms with Gasteiger partial charge in [-0.05, 0) is 258 Å². The Morgan fingerprint density at radius 2 is 0.608 bits per heavy atom. The molecule has 4 heterocycles. The summed E-state index contributed by atoms with van der Waals surface area (Å²) in [4.78, 5) is 5.55. The zero-order valence-corrected chi connectivity index (χ0v) is 66.2. The summed E-state index contributed by atoms with van der Waals surface area (Å²) in [5.74, 6) is 0. The van der Waals surface area contributed by atoms with Gasteiger partial charge in [0.15, 0.2) is 0 Å². The van der Waals surface area contributed by atoms with Crippen LogP contribution in [0.1, 0.15) is 16.7 Å². The van der Waals surface area contributed by atoms with Gasteiger partial charge in [-0.25, -0.2) is 0 Å². The molecule has 0 spiro atoms. The highest BCUT2D eigenvalue weighted by Crippen LogP contribution is 2.48. The number of nitrogens with zero attached hydrogens (tertiary/aromatic N) is 4. The predicted molar refractivity (Wildman–Crippen MR) is 510 cm³/mol. The van der Waals surface area contributed by atoms with Crippen LogP contribution in [0, 0.1) is 0 Å². The lowest BCUT2D eigenvalue weighted by atomic mass is 9.33. The lowest BCUT2D eigenvalue weighted by Crippen LogP contribution is -2.62. The summed E-state index contributed by atoms with van der Waals surface area (Å²) >= 11 is 0. The van der Waals surface area contributed by atoms with Crippen LogP contribution in [0.2, 0.25) is 0 Å². The summed E-state index contributed by atoms with van der Waals surface area (Å²) in [6, 6.07) is 159. The molecule has 24 rings (SSSR count). The fourth-order valence-electron chi connectivity index (χ4n) is 20.9. The number of fused-ring (bicyclic) bond motifs is 12. The van der Waals surface area contributed by atoms with Crippen LogP contribution in [-0.2, 0) is 19.4 Å². The van der Waals surface area contributed by atoms with Gasteiger partial charge in [-0.2, -0.15) is 0 Å². The fraction of sp³-hybridized carbons (Fsp3) is 0.0435. The Morgan fingerprint density at radius 3 is 1.08 bits per heavy atom. The molecular weight excluding hydrogens is 1450 g/mol. The van der Waals surface area contributed by atoms with Crippen molar-refractivity contribution >= 4 is 133 Å². The molecule has 2 aliphatic heterocycles. The number of rotatable bonds is 16. The number of para-hydroxylation sites is 4. The Hall–Kier alpha value is -15.0. The molecule has 0 aliphatic carbocycles. The van der Waals surface area contributed by atoms with E-state index in [2.05, 4.69) is 438 Å². The molecule has 120 heavy (non-hydrogen) atoms. The number of aromatic nitrogens is 2. The third-order valence-electron chi connectivity index (χ3n) is 26.2. The van der Waals surface area contributed by atoms with Crippen molar-refractivity contribution in [3.8, 4) is 83.6 Å². The van der Waals surface area contributed by atoms with Crippen molar-refractivity contribution in [3.05, 3.63) is 435 Å². The van der Waals surface area contributed by atoms with Crippen LogP contribution in [0.4, 0.5) is 22.7 Å². The first kappa shape index (κ1) is 69.3. The molecule has 22 aromatic rings. The molecule has 0 atom stereocenters. The van der Waals surface area contributed by atoms with Crippen LogP contribution in [0.5, 0.6) is 0 Å². The minimum absolute atomic E-state index is 0.206. The minimum atomic E-state index is -0.206. The van der Waals surface area contributed by atoms with Gasteiger partial charge in [-0.1, -0.05) is 328 Å². The summed E-state index contributed by atoms with van der Waals surface area (Å²) < 4.78 is 5.11. The first-order chi connectivity index (χ1) is 59.5. The molecule has 0 unspecified atom stereocenters. The molecule has 20 aromatic carbocycles. The van der Waals surface area contributed by atoms with E-state index in [1.807, 2.05) is 0 Å². The third kappa shape index (κ3) is 11.4. The number of anilines is 4. The number of benzene rings is 20. The molecule has 2 aromatic heterocycles. The second-order valence-corrected chi connectivity index (χ2v) is 32.7. The Morgan fingerprint density at radius 1 is 0.225 bits per heavy atom. The fourth-order valence-corrected chi connectivity index (χ4v) is 20.9. The van der Waals surface area contributed by atoms with Crippen LogP contribution in [0.15, 0.2) is 419 Å². The molecule has 0 saturated carbocycles. The van der Waals surface area contributed by atoms with Gasteiger partial charge in [-0.3, -0.25) is 0 Å². The molecule has 0 fully saturated rings. The van der Waals surface area contributed by atoms with Gasteiger partial charge in [-0.15, -0.1) is 0 Å². The number of hydrogen-bond donors (Lipinski definition) is 0. The van der Waals surface area contributed by atoms with E-state index in [1.165, 1.54) is 220 Å². The lowest BCUT2D eigenvalue weighted by molar-refractivity contribution is 0.860. The highest BCUT2D eigenvalue weighted by atomic mass is 15.2. The van der Waals surface area contributed by atoms with E-state index in [-0.39, 0.29) is 6.71 Å². The van der Waals surface area contributed by atoms with Crippen molar-refractivity contribution in [2.75, 3.05) is 22.9 Å². The molecule has 0 saturated heterocycles. The normalized spacial score (nSPS) is 12.4. The first-order valence-corrected chi connectivity index (χ1v) is 42.2. The quantitative estimate of drug-likeness (QED) is 0.0545. The molecule has 0 amide bonds. The maximum Gasteiger partial charge on any atom is 0.252 e. The summed E-state index contributed by atoms with van der Waals surface area (Å²) in [6.45, 7) is 1.77. The predicted octanol–water partition coefficient (Wildman–Crippen LogP) is 27.6. The van der Waals surface area contributed by atoms with Crippen molar-refractivity contribution in [2.24, 2.45) is 0 Å². The monoisotopic (exact) mass is 1530 g/mol. The average molecular weight is 1530 g/mol. The summed E-state index contributed by atoms with van der Waals surface area (Å²) in [7, 11) is 0. The largest absolute Gasteiger partial charge is 0.342 e. The number of hydrogen-bond acceptors (Lipinski definition) is 2. The Kier molecular flexibility index (Phi) is 16.4. The van der Waals surface area contributed by atoms with Gasteiger partial charge in [0.25, 0.3) is 6.71 Å². The van der Waals surface area contributed by atoms with Crippen molar-refractivity contribution in [2.45, 2.75) is 19.4 Å². The van der Waals surface area contributed by atoms with Crippen LogP contribution in [0.3, 0.4) is 0 Å². The second-order valence-electron chi connectivity index (χ2n) is 32.7. The van der Waals surface area contributed by atoms with Crippen molar-refractivity contribution < 1.29 is 0 Å². The molecule has 5 heteroatoms. The zero-order chi connectivity index (χ0) is 78.9. The third-order valence-corrected chi connectivity index (χ3v) is 26.2. The Bertz CT molecular complexity index is 7570. The Balaban J connectivity index is 0.785. The zero-order valence-electron chi connectivity index (χ0n) is 66.2. The van der Waals surface area contributed by atoms with Gasteiger partial charge in [0.05, 0.1) is 11.0 Å². The highest BCUT2D eigenvalue weighted by Gasteiger charge is 2.44. The van der Waals surface area contributed by atoms with Gasteiger partial charge in [0.1, 0.15) is 0 Å². The smallest absolute Gasteiger partial charge is 0.252 e. The van der Waals surface area contributed by atoms with E-state index in [0.717, 1.165) is 18.5 Å². The molecule has 0 N–H and O–H groups in total. The lowest BCUT2D eigenvalue weighted by Gasteiger charge is -2.45. The summed E-state index contributed by atoms with van der Waals surface area (Å²) in [5.41, 5.74) is 35.5. The Labute approximate surface area is 698 Å². The van der Waals surface area contributed by atoms with Crippen LogP contribution in [-0.4, -0.2) is 28.9 Å². The van der Waals surface area contributed by atoms with E-state index >= 15 is 0 Å². The van der Waals surface area contributed by atoms with E-state index in [1.54, 1.807) is 0 Å². The van der Waals surface area contributed by atoms with Crippen LogP contribution in [0.25, 0.3) is 170 Å². The molecule has 0 bridgehead atoms. The van der Waals surface area contributed by atoms with Crippen molar-refractivity contribution in [1.29, 1.82) is 0 Å². The maximum atomic E-state index is 2.78. The molecule has 4 nitrogen and oxygen atoms in total. The summed E-state index contributed by atoms with van der Waals surface area (Å²) in [5, 5.41) is 15.3. The molecule has 562 valence electrons. The SMILES string of the molecule is c1ccc(-c2cc(-c3ccccc3)c(CCN3c4ccc(-c5cc6cccc7c8cccc9cccc(c(c5)c67)c98)cc4B4c5ccc(-n6c7ccccc7c7ccccc76)cc5N(CCc5c(-c6ccccc6)cc(-c6ccccc6)cc5-c5ccccc5)c5cc(Cn6c7ccccc7c7ccccc76)cc3c54)c(-c3ccccc3)c2)cc1. The van der Waals surface area contributed by atoms with Crippen molar-refractivity contribution in [1.82, 2.24) is 9.13 Å². The van der Waals surface area contributed by atoms with E-state index in [4.69, 9.17) is 0 Å². The molecule has 0 radical (unpaired) electrons. The second kappa shape index (κ2) is 28.4. The van der Waals surface area contributed by atoms with Crippen molar-refractivity contribution in [3.63, 3.8) is 0 Å². The van der Waals surface area contributed by atoms with Gasteiger partial charge >= 0.3 is 0 Å². The standard InChI is InChI=1S/C115H79BN4/c1-7-30-76(31-8-1)86-67-98(78-34-11-3-12-35-78)89(99(68-86)79-36-13-4-14-37-79)60-62-117-109-59-56-83(85-66-84-44-29-50-96-95-49-27-42-82-43-28-51-97(113(82)95)102(71-85)114(84)96)72-104(109)116-103-58-57-88(120-107-54-25-21-47-93(107)94-48-22-26-55-108(94)120)73-110(103)118(112-65-75(64-111(117)115(112)116)74-119-105-52-23-19-45-91(105)92-46-20-24-53-106(92)119)63-61-90-100(80-38-15-5-16-39-80)69-87(77-32-9-2-10-33-77)70-101(90)81-40-17-6-18-41-81/h1-59,64-73H,60-63,74H2. The van der Waals surface area contributed by atoms with Gasteiger partial charge in [0.2, 0.25) is 0 Å². The van der Waals surface area contributed by atoms with Gasteiger partial charge < -0.3 is 18.9 Å². The average Bonchev–Trinajstić information content (AvgIpc) is 0.863.